The van der Waals surface area contributed by atoms with Gasteiger partial charge in [0, 0.05) is 0 Å². The van der Waals surface area contributed by atoms with E-state index in [1.807, 2.05) is 0 Å². The second-order valence-corrected chi connectivity index (χ2v) is 4.64. The van der Waals surface area contributed by atoms with Gasteiger partial charge in [0.25, 0.3) is 0 Å². The largest absolute Gasteiger partial charge is 0.385 e. The maximum atomic E-state index is 13.0. The van der Waals surface area contributed by atoms with Crippen molar-refractivity contribution in [2.45, 2.75) is 47.3 Å². The zero-order valence-electron chi connectivity index (χ0n) is 10.1. The van der Waals surface area contributed by atoms with Gasteiger partial charge < -0.3 is 5.11 Å². The Hall–Kier alpha value is -1.09. The van der Waals surface area contributed by atoms with Crippen molar-refractivity contribution < 1.29 is 71.0 Å². The van der Waals surface area contributed by atoms with Gasteiger partial charge in [-0.05, 0) is 0 Å². The maximum Gasteiger partial charge on any atom is 0.385 e. The minimum atomic E-state index is -8.21. The SMILES string of the molecule is OC1(F)C(F)(F)C(F)(F)C(F)(F)C(F)(F)C(F)(F)C(F)(F)C1(F)F. The van der Waals surface area contributed by atoms with Crippen molar-refractivity contribution in [1.29, 1.82) is 0 Å². The molecule has 0 aromatic carbocycles. The van der Waals surface area contributed by atoms with E-state index in [1.165, 1.54) is 0 Å². The molecule has 1 N–H and O–H groups in total. The Morgan fingerprint density at radius 3 is 0.583 bits per heavy atom. The summed E-state index contributed by atoms with van der Waals surface area (Å²) < 4.78 is 193. The Bertz CT molecular complexity index is 356. The van der Waals surface area contributed by atoms with Gasteiger partial charge in [-0.15, -0.1) is 0 Å². The highest BCUT2D eigenvalue weighted by Gasteiger charge is 3.02. The molecule has 0 unspecified atom stereocenters. The molecule has 16 heteroatoms. The highest BCUT2D eigenvalue weighted by Crippen LogP contribution is 2.69. The molecule has 1 aliphatic rings. The molecule has 0 bridgehead atoms. The van der Waals surface area contributed by atoms with Crippen LogP contribution in [0.1, 0.15) is 0 Å². The van der Waals surface area contributed by atoms with Crippen molar-refractivity contribution >= 4 is 0 Å². The van der Waals surface area contributed by atoms with E-state index in [2.05, 4.69) is 0 Å². The Balaban J connectivity index is 4.09. The summed E-state index contributed by atoms with van der Waals surface area (Å²) in [5.41, 5.74) is 0. The topological polar surface area (TPSA) is 20.2 Å². The summed E-state index contributed by atoms with van der Waals surface area (Å²) in [5, 5.41) is 8.00. The molecule has 1 aliphatic carbocycles. The second kappa shape index (κ2) is 4.35. The molecule has 0 aliphatic heterocycles. The lowest BCUT2D eigenvalue weighted by atomic mass is 9.79. The third-order valence-electron chi connectivity index (χ3n) is 3.20. The Kier molecular flexibility index (Phi) is 3.80. The van der Waals surface area contributed by atoms with E-state index in [1.54, 1.807) is 0 Å². The molecule has 1 saturated carbocycles. The highest BCUT2D eigenvalue weighted by molar-refractivity contribution is 5.23. The fourth-order valence-electron chi connectivity index (χ4n) is 1.60. The standard InChI is InChI=1S/C8HF15O/c9-1(10)2(11,12)4(15,16)6(19,20)8(23,24)7(21,22)5(17,18)3(1,13)14/h24H. The van der Waals surface area contributed by atoms with Crippen LogP contribution in [0.3, 0.4) is 0 Å². The van der Waals surface area contributed by atoms with Crippen LogP contribution in [-0.4, -0.2) is 52.4 Å². The van der Waals surface area contributed by atoms with Gasteiger partial charge in [-0.3, -0.25) is 0 Å². The van der Waals surface area contributed by atoms with Crippen LogP contribution in [0.15, 0.2) is 0 Å². The van der Waals surface area contributed by atoms with Gasteiger partial charge in [0.1, 0.15) is 0 Å². The fourth-order valence-corrected chi connectivity index (χ4v) is 1.60. The van der Waals surface area contributed by atoms with Crippen LogP contribution < -0.4 is 0 Å². The molecule has 1 nitrogen and oxygen atoms in total. The molecule has 0 atom stereocenters. The Morgan fingerprint density at radius 2 is 0.417 bits per heavy atom. The quantitative estimate of drug-likeness (QED) is 0.610. The van der Waals surface area contributed by atoms with E-state index in [0.717, 1.165) is 0 Å². The predicted octanol–water partition coefficient (Wildman–Crippen LogP) is 4.11. The number of rotatable bonds is 0. The molecule has 0 spiro atoms. The van der Waals surface area contributed by atoms with E-state index in [-0.39, 0.29) is 0 Å². The molecule has 0 radical (unpaired) electrons. The molecular formula is C8HF15O. The summed E-state index contributed by atoms with van der Waals surface area (Å²) in [6.07, 6.45) is 0. The summed E-state index contributed by atoms with van der Waals surface area (Å²) in [4.78, 5) is 0. The van der Waals surface area contributed by atoms with E-state index < -0.39 is 47.3 Å². The summed E-state index contributed by atoms with van der Waals surface area (Å²) in [6, 6.07) is 0. The van der Waals surface area contributed by atoms with Gasteiger partial charge >= 0.3 is 47.3 Å². The lowest BCUT2D eigenvalue weighted by Crippen LogP contribution is -2.83. The first-order valence-corrected chi connectivity index (χ1v) is 5.06. The molecule has 0 saturated heterocycles. The first kappa shape index (κ1) is 21.0. The fraction of sp³-hybridized carbons (Fsp3) is 1.00. The van der Waals surface area contributed by atoms with Crippen LogP contribution in [0.5, 0.6) is 0 Å². The van der Waals surface area contributed by atoms with Crippen LogP contribution >= 0.6 is 0 Å². The number of aliphatic hydroxyl groups is 1. The molecule has 1 fully saturated rings. The lowest BCUT2D eigenvalue weighted by molar-refractivity contribution is -0.516. The zero-order valence-corrected chi connectivity index (χ0v) is 10.1. The van der Waals surface area contributed by atoms with E-state index in [4.69, 9.17) is 5.11 Å². The molecule has 24 heavy (non-hydrogen) atoms. The first-order chi connectivity index (χ1) is 10.0. The van der Waals surface area contributed by atoms with Gasteiger partial charge in [-0.2, -0.15) is 65.9 Å². The van der Waals surface area contributed by atoms with E-state index in [0.29, 0.717) is 0 Å². The Labute approximate surface area is 120 Å². The first-order valence-electron chi connectivity index (χ1n) is 5.06. The van der Waals surface area contributed by atoms with Gasteiger partial charge in [-0.1, -0.05) is 0 Å². The number of alkyl halides is 15. The van der Waals surface area contributed by atoms with Crippen LogP contribution in [-0.2, 0) is 0 Å². The van der Waals surface area contributed by atoms with Crippen molar-refractivity contribution in [3.8, 4) is 0 Å². The summed E-state index contributed by atoms with van der Waals surface area (Å²) in [7, 11) is 0. The normalized spacial score (nSPS) is 34.0. The van der Waals surface area contributed by atoms with Crippen LogP contribution in [0.2, 0.25) is 0 Å². The second-order valence-electron chi connectivity index (χ2n) is 4.64. The minimum Gasteiger partial charge on any atom is -0.352 e. The molecule has 0 amide bonds. The molecule has 0 heterocycles. The van der Waals surface area contributed by atoms with Crippen molar-refractivity contribution in [3.05, 3.63) is 0 Å². The van der Waals surface area contributed by atoms with E-state index >= 15 is 0 Å². The van der Waals surface area contributed by atoms with Gasteiger partial charge in [0.15, 0.2) is 0 Å². The van der Waals surface area contributed by atoms with Gasteiger partial charge in [0.05, 0.1) is 0 Å². The predicted molar refractivity (Wildman–Crippen MR) is 40.7 cm³/mol. The van der Waals surface area contributed by atoms with Crippen LogP contribution in [0.4, 0.5) is 65.9 Å². The van der Waals surface area contributed by atoms with Crippen LogP contribution in [0, 0.1) is 0 Å². The van der Waals surface area contributed by atoms with Crippen LogP contribution in [0.25, 0.3) is 0 Å². The van der Waals surface area contributed by atoms with Gasteiger partial charge in [0.2, 0.25) is 0 Å². The Morgan fingerprint density at radius 1 is 0.292 bits per heavy atom. The van der Waals surface area contributed by atoms with Crippen molar-refractivity contribution in [1.82, 2.24) is 0 Å². The number of hydrogen-bond acceptors (Lipinski definition) is 1. The molecule has 0 aromatic rings. The summed E-state index contributed by atoms with van der Waals surface area (Å²) in [6.45, 7) is 0. The number of hydrogen-bond donors (Lipinski definition) is 1. The van der Waals surface area contributed by atoms with Crippen molar-refractivity contribution in [2.75, 3.05) is 0 Å². The van der Waals surface area contributed by atoms with E-state index in [9.17, 15) is 65.9 Å². The summed E-state index contributed by atoms with van der Waals surface area (Å²) >= 11 is 0. The molecule has 0 aromatic heterocycles. The molecule has 144 valence electrons. The third-order valence-corrected chi connectivity index (χ3v) is 3.20. The van der Waals surface area contributed by atoms with Gasteiger partial charge in [-0.25, -0.2) is 0 Å². The maximum absolute atomic E-state index is 13.0. The zero-order chi connectivity index (χ0) is 20.0. The smallest absolute Gasteiger partial charge is 0.352 e. The molecule has 1 rings (SSSR count). The average molecular weight is 398 g/mol. The summed E-state index contributed by atoms with van der Waals surface area (Å²) in [5.74, 6) is -64.7. The minimum absolute atomic E-state index is 7.77. The third kappa shape index (κ3) is 1.65. The van der Waals surface area contributed by atoms with Crippen molar-refractivity contribution in [2.24, 2.45) is 0 Å². The average Bonchev–Trinajstić information content (AvgIpc) is 2.35. The monoisotopic (exact) mass is 398 g/mol. The number of halogens is 15. The van der Waals surface area contributed by atoms with Crippen molar-refractivity contribution in [3.63, 3.8) is 0 Å². The highest BCUT2D eigenvalue weighted by atomic mass is 19.4. The molecular weight excluding hydrogens is 397 g/mol. The lowest BCUT2D eigenvalue weighted by Gasteiger charge is -2.49.